The number of carboxylic acid groups (broad SMARTS) is 1. The molecule has 1 aromatic rings. The Labute approximate surface area is 116 Å². The van der Waals surface area contributed by atoms with E-state index in [9.17, 15) is 14.7 Å². The van der Waals surface area contributed by atoms with E-state index in [0.29, 0.717) is 30.8 Å². The number of carbonyl (C=O) groups excluding carboxylic acids is 1. The molecule has 1 heterocycles. The highest BCUT2D eigenvalue weighted by Crippen LogP contribution is 2.21. The van der Waals surface area contributed by atoms with Crippen LogP contribution < -0.4 is 10.6 Å². The molecule has 0 aliphatic rings. The van der Waals surface area contributed by atoms with Crippen molar-refractivity contribution >= 4 is 28.5 Å². The Morgan fingerprint density at radius 1 is 1.37 bits per heavy atom. The van der Waals surface area contributed by atoms with Crippen LogP contribution in [0.5, 0.6) is 0 Å². The Balaban J connectivity index is 2.75. The Hall–Kier alpha value is -1.63. The summed E-state index contributed by atoms with van der Waals surface area (Å²) in [6.07, 6.45) is 3.75. The van der Waals surface area contributed by atoms with Gasteiger partial charge in [-0.3, -0.25) is 5.32 Å². The number of anilines is 1. The van der Waals surface area contributed by atoms with Gasteiger partial charge in [0.2, 0.25) is 0 Å². The summed E-state index contributed by atoms with van der Waals surface area (Å²) in [7, 11) is 0. The van der Waals surface area contributed by atoms with E-state index in [1.54, 1.807) is 11.6 Å². The van der Waals surface area contributed by atoms with Gasteiger partial charge >= 0.3 is 12.0 Å². The van der Waals surface area contributed by atoms with Crippen LogP contribution in [0.25, 0.3) is 0 Å². The van der Waals surface area contributed by atoms with Crippen molar-refractivity contribution in [1.29, 1.82) is 0 Å². The standard InChI is InChI=1S/C12H19N3O3S/c1-3-5-12(6-4-2,9(16)17)15-10(18)14-11-13-7-8-19-11/h7-8H,3-6H2,1-2H3,(H,16,17)(H2,13,14,15,18). The van der Waals surface area contributed by atoms with Gasteiger partial charge in [0.1, 0.15) is 5.54 Å². The number of rotatable bonds is 7. The van der Waals surface area contributed by atoms with Crippen LogP contribution in [0.2, 0.25) is 0 Å². The second-order valence-electron chi connectivity index (χ2n) is 4.30. The zero-order chi connectivity index (χ0) is 14.3. The van der Waals surface area contributed by atoms with Gasteiger partial charge in [-0.15, -0.1) is 11.3 Å². The van der Waals surface area contributed by atoms with Crippen molar-refractivity contribution in [2.75, 3.05) is 5.32 Å². The molecule has 3 N–H and O–H groups in total. The lowest BCUT2D eigenvalue weighted by molar-refractivity contribution is -0.145. The third kappa shape index (κ3) is 4.20. The van der Waals surface area contributed by atoms with Gasteiger partial charge in [0.15, 0.2) is 5.13 Å². The highest BCUT2D eigenvalue weighted by atomic mass is 32.1. The number of aliphatic carboxylic acids is 1. The number of nitrogens with one attached hydrogen (secondary N) is 2. The van der Waals surface area contributed by atoms with Crippen LogP contribution in [0.15, 0.2) is 11.6 Å². The zero-order valence-electron chi connectivity index (χ0n) is 11.1. The molecule has 106 valence electrons. The van der Waals surface area contributed by atoms with Crippen molar-refractivity contribution in [2.45, 2.75) is 45.1 Å². The first-order valence-corrected chi connectivity index (χ1v) is 7.14. The summed E-state index contributed by atoms with van der Waals surface area (Å²) in [6.45, 7) is 3.79. The number of hydrogen-bond donors (Lipinski definition) is 3. The molecule has 2 amide bonds. The van der Waals surface area contributed by atoms with Crippen LogP contribution >= 0.6 is 11.3 Å². The number of carboxylic acids is 1. The van der Waals surface area contributed by atoms with Crippen molar-refractivity contribution < 1.29 is 14.7 Å². The molecule has 7 heteroatoms. The molecule has 0 aliphatic carbocycles. The van der Waals surface area contributed by atoms with E-state index < -0.39 is 17.5 Å². The van der Waals surface area contributed by atoms with Crippen molar-refractivity contribution in [3.63, 3.8) is 0 Å². The first kappa shape index (κ1) is 15.4. The molecular formula is C12H19N3O3S. The van der Waals surface area contributed by atoms with Gasteiger partial charge in [-0.2, -0.15) is 0 Å². The molecule has 1 aromatic heterocycles. The van der Waals surface area contributed by atoms with Crippen LogP contribution in [-0.2, 0) is 4.79 Å². The summed E-state index contributed by atoms with van der Waals surface area (Å²) in [4.78, 5) is 27.3. The van der Waals surface area contributed by atoms with Crippen LogP contribution in [0.3, 0.4) is 0 Å². The molecule has 0 spiro atoms. The monoisotopic (exact) mass is 285 g/mol. The largest absolute Gasteiger partial charge is 0.480 e. The zero-order valence-corrected chi connectivity index (χ0v) is 11.9. The quantitative estimate of drug-likeness (QED) is 0.718. The van der Waals surface area contributed by atoms with Crippen LogP contribution in [0.1, 0.15) is 39.5 Å². The number of thiazole rings is 1. The Morgan fingerprint density at radius 2 is 2.00 bits per heavy atom. The SMILES string of the molecule is CCCC(CCC)(NC(=O)Nc1nccs1)C(=O)O. The van der Waals surface area contributed by atoms with Gasteiger partial charge in [0.05, 0.1) is 0 Å². The number of hydrogen-bond acceptors (Lipinski definition) is 4. The summed E-state index contributed by atoms with van der Waals surface area (Å²) in [5.74, 6) is -0.995. The Bertz CT molecular complexity index is 414. The summed E-state index contributed by atoms with van der Waals surface area (Å²) in [5.41, 5.74) is -1.20. The van der Waals surface area contributed by atoms with E-state index in [2.05, 4.69) is 15.6 Å². The maximum absolute atomic E-state index is 11.9. The molecule has 0 saturated carbocycles. The van der Waals surface area contributed by atoms with E-state index >= 15 is 0 Å². The molecule has 0 bridgehead atoms. The van der Waals surface area contributed by atoms with Gasteiger partial charge in [0, 0.05) is 11.6 Å². The van der Waals surface area contributed by atoms with Crippen molar-refractivity contribution in [3.8, 4) is 0 Å². The summed E-state index contributed by atoms with van der Waals surface area (Å²) >= 11 is 1.28. The lowest BCUT2D eigenvalue weighted by Gasteiger charge is -2.29. The summed E-state index contributed by atoms with van der Waals surface area (Å²) < 4.78 is 0. The maximum Gasteiger partial charge on any atom is 0.329 e. The highest BCUT2D eigenvalue weighted by molar-refractivity contribution is 7.13. The Morgan fingerprint density at radius 3 is 2.42 bits per heavy atom. The second-order valence-corrected chi connectivity index (χ2v) is 5.20. The predicted molar refractivity (Wildman–Crippen MR) is 74.5 cm³/mol. The van der Waals surface area contributed by atoms with Gasteiger partial charge in [-0.25, -0.2) is 14.6 Å². The number of nitrogens with zero attached hydrogens (tertiary/aromatic N) is 1. The molecule has 0 unspecified atom stereocenters. The van der Waals surface area contributed by atoms with Gasteiger partial charge in [0.25, 0.3) is 0 Å². The minimum absolute atomic E-state index is 0.404. The van der Waals surface area contributed by atoms with Crippen LogP contribution in [-0.4, -0.2) is 27.6 Å². The number of amides is 2. The first-order chi connectivity index (χ1) is 9.04. The summed E-state index contributed by atoms with van der Waals surface area (Å²) in [5, 5.41) is 16.7. The first-order valence-electron chi connectivity index (χ1n) is 6.26. The molecule has 0 aromatic carbocycles. The predicted octanol–water partition coefficient (Wildman–Crippen LogP) is 2.69. The molecule has 19 heavy (non-hydrogen) atoms. The third-order valence-corrected chi connectivity index (χ3v) is 3.46. The topological polar surface area (TPSA) is 91.3 Å². The molecule has 0 radical (unpaired) electrons. The van der Waals surface area contributed by atoms with Gasteiger partial charge in [-0.05, 0) is 12.8 Å². The van der Waals surface area contributed by atoms with Crippen LogP contribution in [0, 0.1) is 0 Å². The van der Waals surface area contributed by atoms with Crippen LogP contribution in [0.4, 0.5) is 9.93 Å². The van der Waals surface area contributed by atoms with E-state index in [1.165, 1.54) is 11.3 Å². The molecule has 6 nitrogen and oxygen atoms in total. The summed E-state index contributed by atoms with van der Waals surface area (Å²) in [6, 6.07) is -0.528. The smallest absolute Gasteiger partial charge is 0.329 e. The van der Waals surface area contributed by atoms with E-state index in [1.807, 2.05) is 13.8 Å². The average Bonchev–Trinajstić information content (AvgIpc) is 2.81. The fraction of sp³-hybridized carbons (Fsp3) is 0.583. The highest BCUT2D eigenvalue weighted by Gasteiger charge is 2.38. The second kappa shape index (κ2) is 7.08. The lowest BCUT2D eigenvalue weighted by Crippen LogP contribution is -2.55. The number of aromatic nitrogens is 1. The van der Waals surface area contributed by atoms with Crippen molar-refractivity contribution in [1.82, 2.24) is 10.3 Å². The minimum atomic E-state index is -1.20. The minimum Gasteiger partial charge on any atom is -0.480 e. The lowest BCUT2D eigenvalue weighted by atomic mass is 9.89. The van der Waals surface area contributed by atoms with Gasteiger partial charge < -0.3 is 10.4 Å². The average molecular weight is 285 g/mol. The molecule has 0 fully saturated rings. The number of carbonyl (C=O) groups is 2. The maximum atomic E-state index is 11.9. The molecule has 0 saturated heterocycles. The fourth-order valence-corrected chi connectivity index (χ4v) is 2.53. The Kier molecular flexibility index (Phi) is 5.75. The molecule has 0 aliphatic heterocycles. The van der Waals surface area contributed by atoms with E-state index in [-0.39, 0.29) is 0 Å². The number of urea groups is 1. The molecule has 0 atom stereocenters. The normalized spacial score (nSPS) is 11.1. The molecule has 1 rings (SSSR count). The molecular weight excluding hydrogens is 266 g/mol. The van der Waals surface area contributed by atoms with E-state index in [4.69, 9.17) is 0 Å². The third-order valence-electron chi connectivity index (χ3n) is 2.77. The fourth-order valence-electron chi connectivity index (χ4n) is 2.00. The van der Waals surface area contributed by atoms with Gasteiger partial charge in [-0.1, -0.05) is 26.7 Å². The van der Waals surface area contributed by atoms with E-state index in [0.717, 1.165) is 0 Å². The van der Waals surface area contributed by atoms with Crippen molar-refractivity contribution in [2.24, 2.45) is 0 Å². The van der Waals surface area contributed by atoms with Crippen molar-refractivity contribution in [3.05, 3.63) is 11.6 Å².